The first-order valence-corrected chi connectivity index (χ1v) is 8.23. The molecule has 3 nitrogen and oxygen atoms in total. The maximum atomic E-state index is 13.1. The Kier molecular flexibility index (Phi) is 3.84. The van der Waals surface area contributed by atoms with Crippen molar-refractivity contribution in [3.63, 3.8) is 0 Å². The van der Waals surface area contributed by atoms with E-state index < -0.39 is 0 Å². The zero-order valence-electron chi connectivity index (χ0n) is 12.3. The van der Waals surface area contributed by atoms with Crippen LogP contribution in [0.25, 0.3) is 0 Å². The van der Waals surface area contributed by atoms with Gasteiger partial charge in [0.05, 0.1) is 5.41 Å². The number of amides is 1. The van der Waals surface area contributed by atoms with Crippen LogP contribution in [-0.4, -0.2) is 37.0 Å². The number of hydrogen-bond acceptors (Lipinski definition) is 2. The quantitative estimate of drug-likeness (QED) is 0.799. The van der Waals surface area contributed by atoms with Gasteiger partial charge < -0.3 is 10.2 Å². The molecule has 0 bridgehead atoms. The molecule has 3 aliphatic rings. The van der Waals surface area contributed by atoms with Gasteiger partial charge in [-0.2, -0.15) is 0 Å². The minimum atomic E-state index is -0.0952. The maximum absolute atomic E-state index is 13.1. The van der Waals surface area contributed by atoms with Crippen LogP contribution in [-0.2, 0) is 4.79 Å². The highest BCUT2D eigenvalue weighted by Gasteiger charge is 2.42. The molecule has 3 rings (SSSR count). The van der Waals surface area contributed by atoms with Crippen molar-refractivity contribution >= 4 is 5.91 Å². The molecule has 0 aromatic heterocycles. The minimum Gasteiger partial charge on any atom is -0.342 e. The number of carbonyl (C=O) groups excluding carboxylic acids is 1. The fraction of sp³-hybridized carbons (Fsp3) is 0.938. The van der Waals surface area contributed by atoms with E-state index in [0.717, 1.165) is 57.3 Å². The Balaban J connectivity index is 1.68. The van der Waals surface area contributed by atoms with Gasteiger partial charge in [0.15, 0.2) is 0 Å². The number of carbonyl (C=O) groups is 1. The predicted octanol–water partition coefficient (Wildman–Crippen LogP) is 2.41. The smallest absolute Gasteiger partial charge is 0.230 e. The van der Waals surface area contributed by atoms with E-state index in [4.69, 9.17) is 0 Å². The molecule has 2 saturated carbocycles. The van der Waals surface area contributed by atoms with Crippen LogP contribution >= 0.6 is 0 Å². The lowest BCUT2D eigenvalue weighted by Gasteiger charge is -2.40. The molecule has 0 radical (unpaired) electrons. The molecule has 108 valence electrons. The minimum absolute atomic E-state index is 0.0952. The van der Waals surface area contributed by atoms with E-state index in [1.165, 1.54) is 25.7 Å². The molecule has 0 aromatic rings. The number of nitrogens with one attached hydrogen (secondary N) is 1. The summed E-state index contributed by atoms with van der Waals surface area (Å²) in [6.45, 7) is 6.25. The van der Waals surface area contributed by atoms with E-state index in [1.807, 2.05) is 0 Å². The van der Waals surface area contributed by atoms with E-state index in [1.54, 1.807) is 0 Å². The van der Waals surface area contributed by atoms with Crippen LogP contribution in [0.2, 0.25) is 0 Å². The first kappa shape index (κ1) is 13.4. The molecule has 1 heterocycles. The summed E-state index contributed by atoms with van der Waals surface area (Å²) >= 11 is 0. The van der Waals surface area contributed by atoms with Gasteiger partial charge in [-0.15, -0.1) is 0 Å². The van der Waals surface area contributed by atoms with Crippen molar-refractivity contribution in [2.24, 2.45) is 17.3 Å². The van der Waals surface area contributed by atoms with Gasteiger partial charge in [-0.25, -0.2) is 0 Å². The average Bonchev–Trinajstić information content (AvgIpc) is 3.33. The van der Waals surface area contributed by atoms with Crippen LogP contribution in [0, 0.1) is 17.3 Å². The number of hydrogen-bond donors (Lipinski definition) is 1. The van der Waals surface area contributed by atoms with Crippen molar-refractivity contribution < 1.29 is 4.79 Å². The molecule has 1 aliphatic heterocycles. The molecule has 3 heteroatoms. The van der Waals surface area contributed by atoms with E-state index in [9.17, 15) is 4.79 Å². The highest BCUT2D eigenvalue weighted by Crippen LogP contribution is 2.38. The van der Waals surface area contributed by atoms with Crippen molar-refractivity contribution in [1.82, 2.24) is 10.2 Å². The first-order valence-electron chi connectivity index (χ1n) is 8.23. The Labute approximate surface area is 117 Å². The maximum Gasteiger partial charge on any atom is 0.230 e. The molecule has 1 unspecified atom stereocenters. The Bertz CT molecular complexity index is 314. The second-order valence-electron chi connectivity index (χ2n) is 7.01. The van der Waals surface area contributed by atoms with Crippen LogP contribution in [0.5, 0.6) is 0 Å². The van der Waals surface area contributed by atoms with Crippen molar-refractivity contribution in [2.75, 3.05) is 26.2 Å². The topological polar surface area (TPSA) is 32.3 Å². The van der Waals surface area contributed by atoms with E-state index >= 15 is 0 Å². The van der Waals surface area contributed by atoms with E-state index in [0.29, 0.717) is 5.91 Å². The summed E-state index contributed by atoms with van der Waals surface area (Å²) in [5, 5.41) is 3.45. The first-order chi connectivity index (χ1) is 9.23. The molecule has 1 amide bonds. The fourth-order valence-corrected chi connectivity index (χ4v) is 3.40. The molecule has 0 aromatic carbocycles. The van der Waals surface area contributed by atoms with Crippen LogP contribution in [0.3, 0.4) is 0 Å². The second kappa shape index (κ2) is 5.43. The van der Waals surface area contributed by atoms with Crippen LogP contribution in [0.4, 0.5) is 0 Å². The standard InChI is InChI=1S/C16H28N2O/c1-2-16(8-3-9-17-12-16)15(19)18(10-13-4-5-13)11-14-6-7-14/h13-14,17H,2-12H2,1H3. The summed E-state index contributed by atoms with van der Waals surface area (Å²) in [5.74, 6) is 2.09. The lowest BCUT2D eigenvalue weighted by molar-refractivity contribution is -0.144. The van der Waals surface area contributed by atoms with Gasteiger partial charge in [0.2, 0.25) is 5.91 Å². The van der Waals surface area contributed by atoms with Gasteiger partial charge in [0, 0.05) is 19.6 Å². The molecule has 1 saturated heterocycles. The monoisotopic (exact) mass is 264 g/mol. The normalized spacial score (nSPS) is 31.2. The van der Waals surface area contributed by atoms with Crippen LogP contribution in [0.15, 0.2) is 0 Å². The fourth-order valence-electron chi connectivity index (χ4n) is 3.40. The number of nitrogens with zero attached hydrogens (tertiary/aromatic N) is 1. The summed E-state index contributed by atoms with van der Waals surface area (Å²) in [7, 11) is 0. The Morgan fingerprint density at radius 3 is 2.26 bits per heavy atom. The van der Waals surface area contributed by atoms with Gasteiger partial charge in [0.25, 0.3) is 0 Å². The van der Waals surface area contributed by atoms with Crippen molar-refractivity contribution in [1.29, 1.82) is 0 Å². The summed E-state index contributed by atoms with van der Waals surface area (Å²) in [4.78, 5) is 15.3. The summed E-state index contributed by atoms with van der Waals surface area (Å²) in [5.41, 5.74) is -0.0952. The molecule has 2 aliphatic carbocycles. The second-order valence-corrected chi connectivity index (χ2v) is 7.01. The summed E-state index contributed by atoms with van der Waals surface area (Å²) in [6, 6.07) is 0. The van der Waals surface area contributed by atoms with Crippen molar-refractivity contribution in [3.8, 4) is 0 Å². The lowest BCUT2D eigenvalue weighted by Crippen LogP contribution is -2.52. The number of piperidine rings is 1. The Morgan fingerprint density at radius 1 is 1.21 bits per heavy atom. The molecule has 0 spiro atoms. The van der Waals surface area contributed by atoms with Gasteiger partial charge in [-0.1, -0.05) is 6.92 Å². The zero-order valence-corrected chi connectivity index (χ0v) is 12.3. The molecular formula is C16H28N2O. The SMILES string of the molecule is CCC1(C(=O)N(CC2CC2)CC2CC2)CCCNC1. The third-order valence-corrected chi connectivity index (χ3v) is 5.24. The molecule has 1 atom stereocenters. The Hall–Kier alpha value is -0.570. The lowest BCUT2D eigenvalue weighted by atomic mass is 9.77. The van der Waals surface area contributed by atoms with Crippen molar-refractivity contribution in [3.05, 3.63) is 0 Å². The van der Waals surface area contributed by atoms with Gasteiger partial charge >= 0.3 is 0 Å². The Morgan fingerprint density at radius 2 is 1.84 bits per heavy atom. The molecule has 3 fully saturated rings. The van der Waals surface area contributed by atoms with Gasteiger partial charge in [-0.05, 0) is 63.3 Å². The summed E-state index contributed by atoms with van der Waals surface area (Å²) in [6.07, 6.45) is 8.58. The highest BCUT2D eigenvalue weighted by molar-refractivity contribution is 5.83. The van der Waals surface area contributed by atoms with Crippen molar-refractivity contribution in [2.45, 2.75) is 51.9 Å². The summed E-state index contributed by atoms with van der Waals surface area (Å²) < 4.78 is 0. The average molecular weight is 264 g/mol. The number of rotatable bonds is 6. The van der Waals surface area contributed by atoms with Crippen LogP contribution in [0.1, 0.15) is 51.9 Å². The third-order valence-electron chi connectivity index (χ3n) is 5.24. The molecule has 19 heavy (non-hydrogen) atoms. The molecule has 1 N–H and O–H groups in total. The highest BCUT2D eigenvalue weighted by atomic mass is 16.2. The third kappa shape index (κ3) is 3.13. The van der Waals surface area contributed by atoms with Gasteiger partial charge in [0.1, 0.15) is 0 Å². The van der Waals surface area contributed by atoms with E-state index in [-0.39, 0.29) is 5.41 Å². The predicted molar refractivity (Wildman–Crippen MR) is 76.9 cm³/mol. The zero-order chi connectivity index (χ0) is 13.3. The molecular weight excluding hydrogens is 236 g/mol. The van der Waals surface area contributed by atoms with Crippen LogP contribution < -0.4 is 5.32 Å². The van der Waals surface area contributed by atoms with E-state index in [2.05, 4.69) is 17.1 Å². The largest absolute Gasteiger partial charge is 0.342 e. The van der Waals surface area contributed by atoms with Gasteiger partial charge in [-0.3, -0.25) is 4.79 Å².